The molecule has 0 aliphatic rings. The predicted octanol–water partition coefficient (Wildman–Crippen LogP) is -17.9. The van der Waals surface area contributed by atoms with Crippen LogP contribution in [0.15, 0.2) is 0 Å². The molecule has 0 nitrogen and oxygen atoms in total. The molecule has 0 atom stereocenters. The number of halogens is 5. The molecule has 0 aliphatic carbocycles. The topological polar surface area (TPSA) is 0 Å². The normalized spacial score (nSPS) is 0. The quantitative estimate of drug-likeness (QED) is 0.225. The van der Waals surface area contributed by atoms with Crippen molar-refractivity contribution < 1.29 is 53.1 Å². The van der Waals surface area contributed by atoms with Gasteiger partial charge in [0, 0.05) is 0 Å². The van der Waals surface area contributed by atoms with Gasteiger partial charge in [-0.15, -0.1) is 0 Å². The van der Waals surface area contributed by atoms with Gasteiger partial charge in [0.15, 0.2) is 0 Å². The predicted molar refractivity (Wildman–Crippen MR) is 3.24 cm³/mol. The summed E-state index contributed by atoms with van der Waals surface area (Å²) in [6.45, 7) is 0. The van der Waals surface area contributed by atoms with E-state index >= 15 is 0 Å². The first kappa shape index (κ1) is 801. The number of hydrogen-bond donors (Lipinski definition) is 0. The molecule has 7 heavy (non-hydrogen) atoms. The smallest absolute Gasteiger partial charge is 1.00 e. The Labute approximate surface area is 60.8 Å². The van der Waals surface area contributed by atoms with Crippen LogP contribution in [0.3, 0.4) is 0 Å². The number of hydrogen-bond acceptors (Lipinski definition) is 0. The van der Waals surface area contributed by atoms with Crippen LogP contribution >= 0.6 is 0 Å². The first-order valence-electron chi connectivity index (χ1n) is 0. The fraction of sp³-hybridized carbons (Fsp3) is 0. The van der Waals surface area contributed by atoms with E-state index in [1.807, 2.05) is 0 Å². The molecule has 40 valence electrons. The van der Waals surface area contributed by atoms with Crippen LogP contribution in [0.5, 0.6) is 0 Å². The van der Waals surface area contributed by atoms with Crippen molar-refractivity contribution in [2.75, 3.05) is 0 Å². The van der Waals surface area contributed by atoms with Crippen molar-refractivity contribution in [3.63, 3.8) is 0 Å². The van der Waals surface area contributed by atoms with E-state index in [0.29, 0.717) is 0 Å². The average Bonchev–Trinajstić information content (AvgIpc) is 0. The zero-order valence-corrected chi connectivity index (χ0v) is 5.39. The van der Waals surface area contributed by atoms with Gasteiger partial charge in [-0.1, -0.05) is 0 Å². The van der Waals surface area contributed by atoms with Gasteiger partial charge in [0.2, 0.25) is 0 Å². The van der Waals surface area contributed by atoms with E-state index in [1.54, 1.807) is 0 Å². The fourth-order valence-corrected chi connectivity index (χ4v) is 0. The molecule has 0 radical (unpaired) electrons. The summed E-state index contributed by atoms with van der Waals surface area (Å²) < 4.78 is 0. The second-order valence-electron chi connectivity index (χ2n) is 0. The Kier molecular flexibility index (Phi) is 57500. The molecule has 6 heteroatoms. The van der Waals surface area contributed by atoms with E-state index < -0.39 is 0 Å². The Morgan fingerprint density at radius 3 is 0.429 bits per heavy atom. The fourth-order valence-electron chi connectivity index (χ4n) is 0. The molecule has 0 N–H and O–H groups in total. The van der Waals surface area contributed by atoms with Crippen LogP contribution in [0.1, 0.15) is 0 Å². The molecule has 0 saturated carbocycles. The minimum Gasteiger partial charge on any atom is -1.00 e. The van der Waals surface area contributed by atoms with Crippen molar-refractivity contribution in [2.24, 2.45) is 0 Å². The van der Waals surface area contributed by atoms with Gasteiger partial charge in [-0.2, -0.15) is 0 Å². The molecule has 0 aromatic heterocycles. The largest absolute Gasteiger partial charge is 4.00 e. The summed E-state index contributed by atoms with van der Waals surface area (Å²) in [5.41, 5.74) is 0. The molecular formula is CF5Na. The molecule has 0 amide bonds. The summed E-state index contributed by atoms with van der Waals surface area (Å²) in [6.07, 6.45) is 0. The minimum absolute atomic E-state index is 0. The third-order valence-corrected chi connectivity index (χ3v) is 0. The Hall–Kier alpha value is 0.650. The van der Waals surface area contributed by atoms with Gasteiger partial charge in [-0.05, 0) is 0 Å². The van der Waals surface area contributed by atoms with Crippen LogP contribution in [0.4, 0.5) is 0 Å². The van der Waals surface area contributed by atoms with E-state index in [2.05, 4.69) is 0 Å². The Morgan fingerprint density at radius 1 is 0.429 bits per heavy atom. The molecule has 0 rings (SSSR count). The van der Waals surface area contributed by atoms with Crippen LogP contribution in [0.2, 0.25) is 0 Å². The van der Waals surface area contributed by atoms with Gasteiger partial charge < -0.3 is 23.5 Å². The van der Waals surface area contributed by atoms with Gasteiger partial charge in [0.05, 0.1) is 0 Å². The third-order valence-electron chi connectivity index (χ3n) is 0. The van der Waals surface area contributed by atoms with E-state index in [-0.39, 0.29) is 60.5 Å². The summed E-state index contributed by atoms with van der Waals surface area (Å²) in [5.74, 6) is 0. The summed E-state index contributed by atoms with van der Waals surface area (Å²) in [5, 5.41) is 0. The van der Waals surface area contributed by atoms with Crippen molar-refractivity contribution in [3.8, 4) is 0 Å². The molecule has 0 unspecified atom stereocenters. The van der Waals surface area contributed by atoms with Crippen LogP contribution < -0.4 is 53.1 Å². The molecule has 0 aromatic rings. The van der Waals surface area contributed by atoms with Crippen molar-refractivity contribution in [1.82, 2.24) is 0 Å². The zero-order chi connectivity index (χ0) is 0. The standard InChI is InChI=1S/C.5FH.Na/h;5*1H;/q+4;;;;;;+1/p-5. The van der Waals surface area contributed by atoms with Gasteiger partial charge in [-0.25, -0.2) is 0 Å². The molecule has 0 fully saturated rings. The second-order valence-corrected chi connectivity index (χ2v) is 0. The summed E-state index contributed by atoms with van der Waals surface area (Å²) in [7, 11) is 0. The monoisotopic (exact) mass is 130 g/mol. The Morgan fingerprint density at radius 2 is 0.429 bits per heavy atom. The van der Waals surface area contributed by atoms with Crippen molar-refractivity contribution in [3.05, 3.63) is 7.43 Å². The molecule has 0 aliphatic heterocycles. The van der Waals surface area contributed by atoms with E-state index in [1.165, 1.54) is 0 Å². The zero-order valence-electron chi connectivity index (χ0n) is 3.39. The maximum absolute atomic E-state index is 0. The SMILES string of the molecule is [C+4].[F-].[F-].[F-].[F-].[F-].[Na+]. The van der Waals surface area contributed by atoms with Crippen molar-refractivity contribution >= 4 is 0 Å². The van der Waals surface area contributed by atoms with Crippen LogP contribution in [-0.2, 0) is 0 Å². The molecule has 0 spiro atoms. The van der Waals surface area contributed by atoms with Crippen molar-refractivity contribution in [1.29, 1.82) is 0 Å². The van der Waals surface area contributed by atoms with Gasteiger partial charge in [0.1, 0.15) is 0 Å². The summed E-state index contributed by atoms with van der Waals surface area (Å²) in [6, 6.07) is 0. The van der Waals surface area contributed by atoms with E-state index in [4.69, 9.17) is 0 Å². The van der Waals surface area contributed by atoms with Gasteiger partial charge in [-0.3, -0.25) is 0 Å². The van der Waals surface area contributed by atoms with E-state index in [0.717, 1.165) is 0 Å². The van der Waals surface area contributed by atoms with Gasteiger partial charge >= 0.3 is 37.0 Å². The van der Waals surface area contributed by atoms with Crippen LogP contribution in [0.25, 0.3) is 0 Å². The Balaban J connectivity index is 0. The second kappa shape index (κ2) is 502. The van der Waals surface area contributed by atoms with Crippen LogP contribution in [0, 0.1) is 7.43 Å². The first-order valence-corrected chi connectivity index (χ1v) is 0. The van der Waals surface area contributed by atoms with Gasteiger partial charge in [0.25, 0.3) is 0 Å². The third kappa shape index (κ3) is 340. The molecule has 0 heterocycles. The van der Waals surface area contributed by atoms with Crippen LogP contribution in [-0.4, -0.2) is 0 Å². The molecular weight excluding hydrogens is 130 g/mol. The average molecular weight is 130 g/mol. The number of rotatable bonds is 0. The minimum atomic E-state index is 0. The first-order chi connectivity index (χ1) is 0. The molecule has 0 aromatic carbocycles. The summed E-state index contributed by atoms with van der Waals surface area (Å²) >= 11 is 0. The molecule has 0 saturated heterocycles. The summed E-state index contributed by atoms with van der Waals surface area (Å²) in [4.78, 5) is 0. The Bertz CT molecular complexity index is 8.04. The maximum atomic E-state index is 0. The molecule has 0 bridgehead atoms. The van der Waals surface area contributed by atoms with E-state index in [9.17, 15) is 0 Å². The van der Waals surface area contributed by atoms with Crippen molar-refractivity contribution in [2.45, 2.75) is 0 Å². The maximum Gasteiger partial charge on any atom is 4.00 e.